The van der Waals surface area contributed by atoms with Crippen molar-refractivity contribution < 1.29 is 49.3 Å². The number of amides is 1. The molecule has 90 heavy (non-hydrogen) atoms. The molecule has 0 aromatic rings. The van der Waals surface area contributed by atoms with Gasteiger partial charge in [0.25, 0.3) is 0 Å². The molecule has 11 heteroatoms. The molecule has 0 spiro atoms. The smallest absolute Gasteiger partial charge is 0.305 e. The van der Waals surface area contributed by atoms with Gasteiger partial charge in [-0.1, -0.05) is 339 Å². The van der Waals surface area contributed by atoms with Crippen LogP contribution >= 0.6 is 0 Å². The van der Waals surface area contributed by atoms with E-state index in [0.29, 0.717) is 19.4 Å². The van der Waals surface area contributed by atoms with Gasteiger partial charge in [-0.15, -0.1) is 0 Å². The number of hydrogen-bond donors (Lipinski definition) is 6. The summed E-state index contributed by atoms with van der Waals surface area (Å²) in [6.45, 7) is 4.36. The molecular weight excluding hydrogens is 1120 g/mol. The summed E-state index contributed by atoms with van der Waals surface area (Å²) in [6.07, 6.45) is 79.9. The van der Waals surface area contributed by atoms with Crippen LogP contribution in [-0.4, -0.2) is 100 Å². The maximum Gasteiger partial charge on any atom is 0.305 e. The molecule has 0 radical (unpaired) electrons. The lowest BCUT2D eigenvalue weighted by atomic mass is 9.99. The first kappa shape index (κ1) is 85.6. The van der Waals surface area contributed by atoms with Crippen molar-refractivity contribution in [1.29, 1.82) is 0 Å². The number of rotatable bonds is 69. The molecule has 1 saturated heterocycles. The van der Waals surface area contributed by atoms with Crippen LogP contribution in [0.15, 0.2) is 48.6 Å². The van der Waals surface area contributed by atoms with Crippen molar-refractivity contribution in [3.63, 3.8) is 0 Å². The Labute approximate surface area is 555 Å². The second-order valence-corrected chi connectivity index (χ2v) is 27.1. The highest BCUT2D eigenvalue weighted by Crippen LogP contribution is 2.24. The summed E-state index contributed by atoms with van der Waals surface area (Å²) in [5, 5.41) is 54.5. The Bertz CT molecular complexity index is 1630. The average Bonchev–Trinajstić information content (AvgIpc) is 2.71. The number of ether oxygens (including phenoxy) is 3. The van der Waals surface area contributed by atoms with Crippen LogP contribution in [0.3, 0.4) is 0 Å². The Morgan fingerprint density at radius 2 is 0.756 bits per heavy atom. The van der Waals surface area contributed by atoms with E-state index < -0.39 is 49.5 Å². The van der Waals surface area contributed by atoms with Crippen LogP contribution in [0.1, 0.15) is 380 Å². The third-order valence-corrected chi connectivity index (χ3v) is 18.4. The molecule has 0 aromatic carbocycles. The number of aliphatic hydroxyl groups excluding tert-OH is 5. The predicted octanol–water partition coefficient (Wildman–Crippen LogP) is 20.7. The van der Waals surface area contributed by atoms with Crippen molar-refractivity contribution in [1.82, 2.24) is 5.32 Å². The summed E-state index contributed by atoms with van der Waals surface area (Å²) in [7, 11) is 0. The lowest BCUT2D eigenvalue weighted by Gasteiger charge is -2.40. The Morgan fingerprint density at radius 3 is 1.17 bits per heavy atom. The monoisotopic (exact) mass is 1270 g/mol. The molecule has 0 saturated carbocycles. The summed E-state index contributed by atoms with van der Waals surface area (Å²) in [5.74, 6) is -0.174. The summed E-state index contributed by atoms with van der Waals surface area (Å²) >= 11 is 0. The van der Waals surface area contributed by atoms with Gasteiger partial charge in [0, 0.05) is 12.8 Å². The van der Waals surface area contributed by atoms with Crippen molar-refractivity contribution in [3.8, 4) is 0 Å². The molecule has 1 amide bonds. The number of carbonyl (C=O) groups is 2. The van der Waals surface area contributed by atoms with Crippen LogP contribution in [0.5, 0.6) is 0 Å². The van der Waals surface area contributed by atoms with E-state index in [9.17, 15) is 35.1 Å². The third kappa shape index (κ3) is 56.0. The fourth-order valence-corrected chi connectivity index (χ4v) is 12.3. The maximum absolute atomic E-state index is 13.1. The van der Waals surface area contributed by atoms with Crippen molar-refractivity contribution >= 4 is 11.9 Å². The van der Waals surface area contributed by atoms with Gasteiger partial charge < -0.3 is 45.1 Å². The Morgan fingerprint density at radius 1 is 0.411 bits per heavy atom. The van der Waals surface area contributed by atoms with Crippen LogP contribution < -0.4 is 5.32 Å². The van der Waals surface area contributed by atoms with Crippen LogP contribution in [0.2, 0.25) is 0 Å². The van der Waals surface area contributed by atoms with Crippen molar-refractivity contribution in [3.05, 3.63) is 48.6 Å². The number of esters is 1. The molecule has 0 aromatic heterocycles. The molecule has 0 aliphatic carbocycles. The highest BCUT2D eigenvalue weighted by atomic mass is 16.7. The Hall–Kier alpha value is -2.38. The molecule has 1 aliphatic rings. The van der Waals surface area contributed by atoms with E-state index in [1.807, 2.05) is 6.08 Å². The molecule has 11 nitrogen and oxygen atoms in total. The Kier molecular flexibility index (Phi) is 64.7. The summed E-state index contributed by atoms with van der Waals surface area (Å²) in [6, 6.07) is -0.826. The number of unbranched alkanes of at least 4 members (excludes halogenated alkanes) is 49. The van der Waals surface area contributed by atoms with Gasteiger partial charge in [-0.3, -0.25) is 9.59 Å². The Balaban J connectivity index is 1.93. The van der Waals surface area contributed by atoms with Crippen LogP contribution in [0.4, 0.5) is 0 Å². The van der Waals surface area contributed by atoms with E-state index in [0.717, 1.165) is 57.8 Å². The molecule has 0 bridgehead atoms. The molecule has 7 atom stereocenters. The maximum atomic E-state index is 13.1. The normalized spacial score (nSPS) is 17.9. The van der Waals surface area contributed by atoms with Gasteiger partial charge in [-0.2, -0.15) is 0 Å². The predicted molar refractivity (Wildman–Crippen MR) is 380 cm³/mol. The largest absolute Gasteiger partial charge is 0.466 e. The molecule has 1 fully saturated rings. The van der Waals surface area contributed by atoms with Gasteiger partial charge in [-0.05, 0) is 77.0 Å². The molecule has 1 rings (SSSR count). The van der Waals surface area contributed by atoms with E-state index in [1.54, 1.807) is 6.08 Å². The van der Waals surface area contributed by atoms with Gasteiger partial charge in [0.15, 0.2) is 6.29 Å². The van der Waals surface area contributed by atoms with Crippen LogP contribution in [0, 0.1) is 0 Å². The van der Waals surface area contributed by atoms with Gasteiger partial charge in [0.1, 0.15) is 24.4 Å². The van der Waals surface area contributed by atoms with Gasteiger partial charge in [0.2, 0.25) is 5.91 Å². The third-order valence-electron chi connectivity index (χ3n) is 18.4. The molecule has 6 N–H and O–H groups in total. The second kappa shape index (κ2) is 68.0. The van der Waals surface area contributed by atoms with Crippen molar-refractivity contribution in [2.75, 3.05) is 19.8 Å². The summed E-state index contributed by atoms with van der Waals surface area (Å²) in [5.41, 5.74) is 0. The first-order chi connectivity index (χ1) is 44.2. The zero-order valence-corrected chi connectivity index (χ0v) is 58.9. The van der Waals surface area contributed by atoms with Crippen LogP contribution in [0.25, 0.3) is 0 Å². The molecular formula is C79H147NO10. The standard InChI is InChI=1S/C79H147NO10/c1-3-5-7-9-11-13-15-42-45-49-53-57-61-65-72(82)71(70-89-79-78(87)77(86)76(85)73(69-81)90-79)80-74(83)66-62-58-54-50-46-43-40-38-36-34-32-30-28-26-24-22-20-18-17-19-21-23-25-27-29-31-33-35-37-39-41-44-48-52-56-60-64-68-88-75(84)67-63-59-55-51-47-16-14-12-10-8-6-4-2/h17,19,23,25,45,49,61,65,71-73,76-79,81-82,85-87H,3-16,18,20-22,24,26-44,46-48,50-60,62-64,66-70H2,1-2H3,(H,80,83)/b19-17-,25-23-,49-45+,65-61+. The first-order valence-corrected chi connectivity index (χ1v) is 38.9. The number of aliphatic hydroxyl groups is 5. The summed E-state index contributed by atoms with van der Waals surface area (Å²) < 4.78 is 16.7. The van der Waals surface area contributed by atoms with E-state index >= 15 is 0 Å². The zero-order chi connectivity index (χ0) is 65.1. The van der Waals surface area contributed by atoms with Crippen molar-refractivity contribution in [2.24, 2.45) is 0 Å². The van der Waals surface area contributed by atoms with Gasteiger partial charge >= 0.3 is 5.97 Å². The van der Waals surface area contributed by atoms with E-state index in [-0.39, 0.29) is 18.5 Å². The number of nitrogens with one attached hydrogen (secondary N) is 1. The minimum Gasteiger partial charge on any atom is -0.466 e. The van der Waals surface area contributed by atoms with E-state index in [2.05, 4.69) is 55.6 Å². The number of allylic oxidation sites excluding steroid dienone is 7. The lowest BCUT2D eigenvalue weighted by Crippen LogP contribution is -2.60. The highest BCUT2D eigenvalue weighted by Gasteiger charge is 2.44. The minimum atomic E-state index is -1.58. The first-order valence-electron chi connectivity index (χ1n) is 38.9. The van der Waals surface area contributed by atoms with Crippen LogP contribution in [-0.2, 0) is 23.8 Å². The SMILES string of the molecule is CCCCCCCCC/C=C/CC/C=C/C(O)C(COC1OC(CO)C(O)C(O)C1O)NC(=O)CCCCCCCCCCCCCCCCCCC/C=C\C/C=C\CCCCCCCCCCCCCCCOC(=O)CCCCCCCCCCCCCC. The molecule has 7 unspecified atom stereocenters. The topological polar surface area (TPSA) is 175 Å². The molecule has 1 heterocycles. The lowest BCUT2D eigenvalue weighted by molar-refractivity contribution is -0.302. The molecule has 528 valence electrons. The second-order valence-electron chi connectivity index (χ2n) is 27.1. The van der Waals surface area contributed by atoms with Gasteiger partial charge in [-0.25, -0.2) is 0 Å². The molecule has 1 aliphatic heterocycles. The number of carbonyl (C=O) groups excluding carboxylic acids is 2. The highest BCUT2D eigenvalue weighted by molar-refractivity contribution is 5.76. The zero-order valence-electron chi connectivity index (χ0n) is 58.9. The van der Waals surface area contributed by atoms with Gasteiger partial charge in [0.05, 0.1) is 32.0 Å². The van der Waals surface area contributed by atoms with E-state index in [4.69, 9.17) is 14.2 Å². The fraction of sp³-hybridized carbons (Fsp3) is 0.873. The quantitative estimate of drug-likeness (QED) is 0.0195. The minimum absolute atomic E-state index is 0.0134. The fourth-order valence-electron chi connectivity index (χ4n) is 12.3. The van der Waals surface area contributed by atoms with Crippen molar-refractivity contribution in [2.45, 2.75) is 423 Å². The average molecular weight is 1270 g/mol. The summed E-state index contributed by atoms with van der Waals surface area (Å²) in [4.78, 5) is 25.1. The van der Waals surface area contributed by atoms with E-state index in [1.165, 1.54) is 295 Å². The number of hydrogen-bond acceptors (Lipinski definition) is 10.